The topological polar surface area (TPSA) is 37.8 Å². The molecule has 0 aromatic carbocycles. The van der Waals surface area contributed by atoms with Gasteiger partial charge >= 0.3 is 0 Å². The first-order valence-electron chi connectivity index (χ1n) is 5.97. The zero-order valence-electron chi connectivity index (χ0n) is 9.60. The van der Waals surface area contributed by atoms with E-state index in [4.69, 9.17) is 0 Å². The van der Waals surface area contributed by atoms with Crippen molar-refractivity contribution in [2.45, 2.75) is 31.8 Å². The summed E-state index contributed by atoms with van der Waals surface area (Å²) in [6.07, 6.45) is 9.09. The van der Waals surface area contributed by atoms with E-state index in [-0.39, 0.29) is 0 Å². The van der Waals surface area contributed by atoms with E-state index >= 15 is 0 Å². The molecule has 0 radical (unpaired) electrons. The first-order valence-corrected chi connectivity index (χ1v) is 6.85. The van der Waals surface area contributed by atoms with Crippen LogP contribution in [0.3, 0.4) is 0 Å². The molecule has 0 aliphatic heterocycles. The molecule has 0 saturated heterocycles. The van der Waals surface area contributed by atoms with E-state index in [2.05, 4.69) is 26.7 Å². The van der Waals surface area contributed by atoms with Crippen molar-refractivity contribution in [1.29, 1.82) is 0 Å². The summed E-state index contributed by atoms with van der Waals surface area (Å²) < 4.78 is 0. The fourth-order valence-electron chi connectivity index (χ4n) is 2.36. The van der Waals surface area contributed by atoms with Gasteiger partial charge in [0.2, 0.25) is 0 Å². The molecule has 0 saturated carbocycles. The molecule has 88 valence electrons. The second-order valence-corrected chi connectivity index (χ2v) is 5.37. The zero-order chi connectivity index (χ0) is 11.5. The molecule has 0 spiro atoms. The fourth-order valence-corrected chi connectivity index (χ4v) is 3.35. The Morgan fingerprint density at radius 3 is 3.12 bits per heavy atom. The van der Waals surface area contributed by atoms with Crippen LogP contribution in [0, 0.1) is 0 Å². The summed E-state index contributed by atoms with van der Waals surface area (Å²) in [5.74, 6) is 0. The predicted octanol–water partition coefficient (Wildman–Crippen LogP) is 2.71. The summed E-state index contributed by atoms with van der Waals surface area (Å²) in [6, 6.07) is 2.77. The maximum Gasteiger partial charge on any atom is 0.115 e. The van der Waals surface area contributed by atoms with Crippen LogP contribution in [0.25, 0.3) is 0 Å². The van der Waals surface area contributed by atoms with Gasteiger partial charge in [-0.15, -0.1) is 11.3 Å². The summed E-state index contributed by atoms with van der Waals surface area (Å²) in [5.41, 5.74) is 2.65. The van der Waals surface area contributed by atoms with Gasteiger partial charge in [0.05, 0.1) is 0 Å². The monoisotopic (exact) mass is 245 g/mol. The highest BCUT2D eigenvalue weighted by molar-refractivity contribution is 7.10. The molecule has 0 fully saturated rings. The summed E-state index contributed by atoms with van der Waals surface area (Å²) in [7, 11) is 0. The van der Waals surface area contributed by atoms with E-state index in [9.17, 15) is 0 Å². The Hall–Kier alpha value is -1.26. The minimum Gasteiger partial charge on any atom is -0.306 e. The van der Waals surface area contributed by atoms with Gasteiger partial charge < -0.3 is 5.32 Å². The smallest absolute Gasteiger partial charge is 0.115 e. The Morgan fingerprint density at radius 2 is 2.24 bits per heavy atom. The van der Waals surface area contributed by atoms with Crippen molar-refractivity contribution in [2.75, 3.05) is 0 Å². The molecule has 2 aromatic heterocycles. The van der Waals surface area contributed by atoms with Gasteiger partial charge in [-0.1, -0.05) is 0 Å². The Bertz CT molecular complexity index is 480. The number of fused-ring (bicyclic) bond motifs is 1. The van der Waals surface area contributed by atoms with Gasteiger partial charge in [0, 0.05) is 35.4 Å². The number of hydrogen-bond donors (Lipinski definition) is 1. The van der Waals surface area contributed by atoms with Crippen molar-refractivity contribution < 1.29 is 0 Å². The molecule has 1 atom stereocenters. The third-order valence-electron chi connectivity index (χ3n) is 3.22. The summed E-state index contributed by atoms with van der Waals surface area (Å²) >= 11 is 1.89. The normalized spacial score (nSPS) is 18.9. The number of thiophene rings is 1. The van der Waals surface area contributed by atoms with Crippen LogP contribution < -0.4 is 5.32 Å². The van der Waals surface area contributed by atoms with Gasteiger partial charge in [-0.25, -0.2) is 9.97 Å². The highest BCUT2D eigenvalue weighted by Gasteiger charge is 2.20. The number of nitrogens with zero attached hydrogens (tertiary/aromatic N) is 2. The number of hydrogen-bond acceptors (Lipinski definition) is 4. The molecule has 1 unspecified atom stereocenters. The Balaban J connectivity index is 1.68. The standard InChI is InChI=1S/C13H15N3S/c1-2-12(11-4-5-17-13(11)3-1)16-8-10-6-14-9-15-7-10/h4-7,9,12,16H,1-3,8H2. The summed E-state index contributed by atoms with van der Waals surface area (Å²) in [4.78, 5) is 9.62. The van der Waals surface area contributed by atoms with Crippen LogP contribution in [-0.2, 0) is 13.0 Å². The number of aryl methyl sites for hydroxylation is 1. The summed E-state index contributed by atoms with van der Waals surface area (Å²) in [6.45, 7) is 0.848. The van der Waals surface area contributed by atoms with Crippen LogP contribution in [0.2, 0.25) is 0 Å². The minimum absolute atomic E-state index is 0.505. The van der Waals surface area contributed by atoms with E-state index in [0.29, 0.717) is 6.04 Å². The predicted molar refractivity (Wildman–Crippen MR) is 68.9 cm³/mol. The second-order valence-electron chi connectivity index (χ2n) is 4.37. The highest BCUT2D eigenvalue weighted by atomic mass is 32.1. The van der Waals surface area contributed by atoms with Crippen LogP contribution >= 0.6 is 11.3 Å². The van der Waals surface area contributed by atoms with Gasteiger partial charge in [-0.2, -0.15) is 0 Å². The zero-order valence-corrected chi connectivity index (χ0v) is 10.4. The van der Waals surface area contributed by atoms with Crippen LogP contribution in [0.15, 0.2) is 30.2 Å². The van der Waals surface area contributed by atoms with Gasteiger partial charge in [0.1, 0.15) is 6.33 Å². The molecule has 1 aliphatic rings. The molecule has 1 N–H and O–H groups in total. The van der Waals surface area contributed by atoms with Gasteiger partial charge in [-0.05, 0) is 36.3 Å². The minimum atomic E-state index is 0.505. The number of rotatable bonds is 3. The highest BCUT2D eigenvalue weighted by Crippen LogP contribution is 2.33. The molecule has 4 heteroatoms. The number of nitrogens with one attached hydrogen (secondary N) is 1. The summed E-state index contributed by atoms with van der Waals surface area (Å²) in [5, 5.41) is 5.81. The van der Waals surface area contributed by atoms with E-state index in [1.165, 1.54) is 24.8 Å². The quantitative estimate of drug-likeness (QED) is 0.903. The first kappa shape index (κ1) is 10.9. The van der Waals surface area contributed by atoms with E-state index in [1.54, 1.807) is 11.2 Å². The second kappa shape index (κ2) is 4.94. The van der Waals surface area contributed by atoms with Gasteiger partial charge in [-0.3, -0.25) is 0 Å². The molecule has 1 aliphatic carbocycles. The van der Waals surface area contributed by atoms with Crippen molar-refractivity contribution in [3.05, 3.63) is 46.2 Å². The molecule has 2 aromatic rings. The van der Waals surface area contributed by atoms with Crippen LogP contribution in [0.5, 0.6) is 0 Å². The van der Waals surface area contributed by atoms with E-state index < -0.39 is 0 Å². The molecule has 2 heterocycles. The van der Waals surface area contributed by atoms with Gasteiger partial charge in [0.25, 0.3) is 0 Å². The fraction of sp³-hybridized carbons (Fsp3) is 0.385. The average molecular weight is 245 g/mol. The lowest BCUT2D eigenvalue weighted by Gasteiger charge is -2.23. The average Bonchev–Trinajstić information content (AvgIpc) is 2.86. The molecule has 0 bridgehead atoms. The first-order chi connectivity index (χ1) is 8.43. The third kappa shape index (κ3) is 2.37. The third-order valence-corrected chi connectivity index (χ3v) is 4.22. The van der Waals surface area contributed by atoms with Crippen molar-refractivity contribution in [1.82, 2.24) is 15.3 Å². The van der Waals surface area contributed by atoms with E-state index in [1.807, 2.05) is 23.7 Å². The maximum atomic E-state index is 4.03. The van der Waals surface area contributed by atoms with Crippen molar-refractivity contribution >= 4 is 11.3 Å². The lowest BCUT2D eigenvalue weighted by Crippen LogP contribution is -2.23. The largest absolute Gasteiger partial charge is 0.306 e. The molecular formula is C13H15N3S. The van der Waals surface area contributed by atoms with Crippen molar-refractivity contribution in [3.8, 4) is 0 Å². The lowest BCUT2D eigenvalue weighted by atomic mass is 9.94. The Morgan fingerprint density at radius 1 is 1.35 bits per heavy atom. The van der Waals surface area contributed by atoms with Crippen molar-refractivity contribution in [2.24, 2.45) is 0 Å². The lowest BCUT2D eigenvalue weighted by molar-refractivity contribution is 0.462. The van der Waals surface area contributed by atoms with Crippen LogP contribution in [0.4, 0.5) is 0 Å². The van der Waals surface area contributed by atoms with Crippen LogP contribution in [-0.4, -0.2) is 9.97 Å². The van der Waals surface area contributed by atoms with E-state index in [0.717, 1.165) is 12.1 Å². The molecule has 3 rings (SSSR count). The molecular weight excluding hydrogens is 230 g/mol. The Labute approximate surface area is 105 Å². The van der Waals surface area contributed by atoms with Crippen molar-refractivity contribution in [3.63, 3.8) is 0 Å². The maximum absolute atomic E-state index is 4.03. The Kier molecular flexibility index (Phi) is 3.16. The molecule has 17 heavy (non-hydrogen) atoms. The van der Waals surface area contributed by atoms with Gasteiger partial charge in [0.15, 0.2) is 0 Å². The molecule has 3 nitrogen and oxygen atoms in total. The molecule has 0 amide bonds. The van der Waals surface area contributed by atoms with Crippen LogP contribution in [0.1, 0.15) is 34.9 Å². The number of aromatic nitrogens is 2. The SMILES string of the molecule is c1ncc(CNC2CCCc3sccc32)cn1.